The normalized spacial score (nSPS) is 22.7. The summed E-state index contributed by atoms with van der Waals surface area (Å²) in [5.41, 5.74) is -3.29. The molecule has 0 aromatic rings. The highest BCUT2D eigenvalue weighted by atomic mass is 19.4. The molecule has 2 atom stereocenters. The van der Waals surface area contributed by atoms with E-state index in [0.29, 0.717) is 19.3 Å². The van der Waals surface area contributed by atoms with E-state index in [1.54, 1.807) is 0 Å². The second kappa shape index (κ2) is 6.74. The molecule has 9 heteroatoms. The average Bonchev–Trinajstić information content (AvgIpc) is 2.43. The standard InChI is InChI=1S/C14H21F7O2/c1-3-23-11(9(2)22,10-7-5-4-6-8-10)12(15,16)13(17,18)14(19,20)21/h9-10,22H,3-8H2,1-2H3. The van der Waals surface area contributed by atoms with Gasteiger partial charge in [0.1, 0.15) is 0 Å². The molecule has 0 aromatic heterocycles. The molecule has 0 bridgehead atoms. The number of alkyl halides is 7. The molecule has 1 aliphatic rings. The van der Waals surface area contributed by atoms with Gasteiger partial charge < -0.3 is 9.84 Å². The van der Waals surface area contributed by atoms with Crippen molar-refractivity contribution < 1.29 is 40.6 Å². The SMILES string of the molecule is CCOC(C(C)O)(C1CCCCC1)C(F)(F)C(F)(F)C(F)(F)F. The van der Waals surface area contributed by atoms with Gasteiger partial charge in [-0.3, -0.25) is 0 Å². The number of hydrogen-bond acceptors (Lipinski definition) is 2. The van der Waals surface area contributed by atoms with Crippen molar-refractivity contribution in [1.82, 2.24) is 0 Å². The summed E-state index contributed by atoms with van der Waals surface area (Å²) >= 11 is 0. The van der Waals surface area contributed by atoms with Crippen LogP contribution in [0.15, 0.2) is 0 Å². The van der Waals surface area contributed by atoms with E-state index >= 15 is 0 Å². The third kappa shape index (κ3) is 3.18. The monoisotopic (exact) mass is 354 g/mol. The van der Waals surface area contributed by atoms with Crippen molar-refractivity contribution in [2.45, 2.75) is 75.7 Å². The van der Waals surface area contributed by atoms with Gasteiger partial charge in [0.15, 0.2) is 5.60 Å². The molecule has 0 aliphatic heterocycles. The number of halogens is 7. The lowest BCUT2D eigenvalue weighted by Gasteiger charge is -2.50. The van der Waals surface area contributed by atoms with E-state index in [2.05, 4.69) is 0 Å². The van der Waals surface area contributed by atoms with E-state index in [1.807, 2.05) is 0 Å². The third-order valence-electron chi connectivity index (χ3n) is 4.46. The minimum atomic E-state index is -6.46. The van der Waals surface area contributed by atoms with Crippen molar-refractivity contribution in [1.29, 1.82) is 0 Å². The lowest BCUT2D eigenvalue weighted by molar-refractivity contribution is -0.409. The molecule has 0 spiro atoms. The molecule has 23 heavy (non-hydrogen) atoms. The maximum atomic E-state index is 14.5. The van der Waals surface area contributed by atoms with Crippen molar-refractivity contribution in [2.24, 2.45) is 5.92 Å². The van der Waals surface area contributed by atoms with Crippen molar-refractivity contribution >= 4 is 0 Å². The molecule has 1 saturated carbocycles. The van der Waals surface area contributed by atoms with Gasteiger partial charge in [-0.15, -0.1) is 0 Å². The fourth-order valence-electron chi connectivity index (χ4n) is 3.38. The zero-order valence-electron chi connectivity index (χ0n) is 12.9. The van der Waals surface area contributed by atoms with Crippen molar-refractivity contribution in [3.8, 4) is 0 Å². The van der Waals surface area contributed by atoms with Crippen LogP contribution in [0.3, 0.4) is 0 Å². The fraction of sp³-hybridized carbons (Fsp3) is 1.00. The molecule has 2 nitrogen and oxygen atoms in total. The summed E-state index contributed by atoms with van der Waals surface area (Å²) in [5.74, 6) is -13.2. The van der Waals surface area contributed by atoms with Crippen LogP contribution in [-0.2, 0) is 4.74 Å². The van der Waals surface area contributed by atoms with E-state index in [4.69, 9.17) is 4.74 Å². The van der Waals surface area contributed by atoms with Gasteiger partial charge in [-0.2, -0.15) is 30.7 Å². The Bertz CT molecular complexity index is 389. The van der Waals surface area contributed by atoms with Crippen molar-refractivity contribution in [3.05, 3.63) is 0 Å². The van der Waals surface area contributed by atoms with Gasteiger partial charge in [-0.1, -0.05) is 19.3 Å². The summed E-state index contributed by atoms with van der Waals surface area (Å²) in [6.07, 6.45) is -7.20. The van der Waals surface area contributed by atoms with Crippen LogP contribution in [-0.4, -0.2) is 41.4 Å². The summed E-state index contributed by atoms with van der Waals surface area (Å²) in [6.45, 7) is 1.46. The highest BCUT2D eigenvalue weighted by molar-refractivity contribution is 5.11. The Morgan fingerprint density at radius 2 is 1.43 bits per heavy atom. The van der Waals surface area contributed by atoms with E-state index in [0.717, 1.165) is 6.92 Å². The van der Waals surface area contributed by atoms with E-state index in [9.17, 15) is 35.8 Å². The Kier molecular flexibility index (Phi) is 6.00. The van der Waals surface area contributed by atoms with Gasteiger partial charge in [0.2, 0.25) is 0 Å². The zero-order valence-corrected chi connectivity index (χ0v) is 12.9. The Morgan fingerprint density at radius 3 is 1.78 bits per heavy atom. The lowest BCUT2D eigenvalue weighted by Crippen LogP contribution is -2.71. The first-order valence-electron chi connectivity index (χ1n) is 7.50. The Balaban J connectivity index is 3.47. The Hall–Kier alpha value is -0.570. The number of ether oxygens (including phenoxy) is 1. The molecular weight excluding hydrogens is 333 g/mol. The first-order chi connectivity index (χ1) is 10.4. The lowest BCUT2D eigenvalue weighted by atomic mass is 9.69. The summed E-state index contributed by atoms with van der Waals surface area (Å²) in [4.78, 5) is 0. The number of aliphatic hydroxyl groups excluding tert-OH is 1. The maximum absolute atomic E-state index is 14.5. The predicted octanol–water partition coefficient (Wildman–Crippen LogP) is 4.56. The van der Waals surface area contributed by atoms with Crippen LogP contribution in [0.1, 0.15) is 46.0 Å². The van der Waals surface area contributed by atoms with Crippen LogP contribution < -0.4 is 0 Å². The molecule has 0 saturated heterocycles. The fourth-order valence-corrected chi connectivity index (χ4v) is 3.38. The maximum Gasteiger partial charge on any atom is 0.459 e. The molecule has 138 valence electrons. The predicted molar refractivity (Wildman–Crippen MR) is 68.6 cm³/mol. The number of aliphatic hydroxyl groups is 1. The van der Waals surface area contributed by atoms with E-state index < -0.39 is 42.3 Å². The molecule has 0 radical (unpaired) electrons. The first-order valence-corrected chi connectivity index (χ1v) is 7.50. The summed E-state index contributed by atoms with van der Waals surface area (Å²) in [6, 6.07) is 0. The third-order valence-corrected chi connectivity index (χ3v) is 4.46. The second-order valence-corrected chi connectivity index (χ2v) is 5.88. The van der Waals surface area contributed by atoms with Gasteiger partial charge in [-0.05, 0) is 32.6 Å². The smallest absolute Gasteiger partial charge is 0.390 e. The van der Waals surface area contributed by atoms with Gasteiger partial charge in [0, 0.05) is 6.61 Å². The molecule has 0 aromatic carbocycles. The molecular formula is C14H21F7O2. The van der Waals surface area contributed by atoms with E-state index in [1.165, 1.54) is 6.92 Å². The van der Waals surface area contributed by atoms with Crippen LogP contribution in [0, 0.1) is 5.92 Å². The minimum absolute atomic E-state index is 0.00553. The molecule has 0 amide bonds. The van der Waals surface area contributed by atoms with Gasteiger partial charge in [0.25, 0.3) is 0 Å². The summed E-state index contributed by atoms with van der Waals surface area (Å²) in [5, 5.41) is 9.81. The number of hydrogen-bond donors (Lipinski definition) is 1. The van der Waals surface area contributed by atoms with Crippen LogP contribution in [0.4, 0.5) is 30.7 Å². The quantitative estimate of drug-likeness (QED) is 0.709. The number of rotatable bonds is 6. The van der Waals surface area contributed by atoms with Crippen LogP contribution in [0.5, 0.6) is 0 Å². The Morgan fingerprint density at radius 1 is 0.957 bits per heavy atom. The first kappa shape index (κ1) is 20.5. The molecule has 1 fully saturated rings. The molecule has 1 rings (SSSR count). The highest BCUT2D eigenvalue weighted by Crippen LogP contribution is 2.57. The second-order valence-electron chi connectivity index (χ2n) is 5.88. The Labute approximate surface area is 130 Å². The van der Waals surface area contributed by atoms with Crippen molar-refractivity contribution in [2.75, 3.05) is 6.61 Å². The molecule has 1 aliphatic carbocycles. The van der Waals surface area contributed by atoms with Gasteiger partial charge >= 0.3 is 18.0 Å². The summed E-state index contributed by atoms with van der Waals surface area (Å²) in [7, 11) is 0. The topological polar surface area (TPSA) is 29.5 Å². The molecule has 2 unspecified atom stereocenters. The van der Waals surface area contributed by atoms with Crippen LogP contribution >= 0.6 is 0 Å². The summed E-state index contributed by atoms with van der Waals surface area (Å²) < 4.78 is 98.6. The van der Waals surface area contributed by atoms with E-state index in [-0.39, 0.29) is 12.8 Å². The largest absolute Gasteiger partial charge is 0.459 e. The molecule has 1 N–H and O–H groups in total. The average molecular weight is 354 g/mol. The van der Waals surface area contributed by atoms with Gasteiger partial charge in [0.05, 0.1) is 6.10 Å². The zero-order chi connectivity index (χ0) is 18.1. The molecule has 0 heterocycles. The van der Waals surface area contributed by atoms with Gasteiger partial charge in [-0.25, -0.2) is 0 Å². The van der Waals surface area contributed by atoms with Crippen molar-refractivity contribution in [3.63, 3.8) is 0 Å². The van der Waals surface area contributed by atoms with Crippen LogP contribution in [0.25, 0.3) is 0 Å². The minimum Gasteiger partial charge on any atom is -0.390 e. The van der Waals surface area contributed by atoms with Crippen LogP contribution in [0.2, 0.25) is 0 Å². The highest BCUT2D eigenvalue weighted by Gasteiger charge is 2.82.